The van der Waals surface area contributed by atoms with Gasteiger partial charge in [0.2, 0.25) is 5.91 Å². The molecule has 1 aliphatic rings. The molecular formula is C17H18ClN3OS3. The molecular weight excluding hydrogens is 394 g/mol. The Bertz CT molecular complexity index is 774. The van der Waals surface area contributed by atoms with Crippen molar-refractivity contribution in [3.8, 4) is 0 Å². The van der Waals surface area contributed by atoms with E-state index >= 15 is 0 Å². The zero-order chi connectivity index (χ0) is 17.8. The van der Waals surface area contributed by atoms with Crippen molar-refractivity contribution in [3.63, 3.8) is 0 Å². The largest absolute Gasteiger partial charge is 0.358 e. The van der Waals surface area contributed by atoms with Crippen LogP contribution in [0.2, 0.25) is 5.02 Å². The number of likely N-dealkylation sites (tertiary alicyclic amines) is 1. The van der Waals surface area contributed by atoms with Crippen molar-refractivity contribution in [2.45, 2.75) is 25.5 Å². The molecule has 8 heteroatoms. The number of aromatic nitrogens is 1. The van der Waals surface area contributed by atoms with Gasteiger partial charge in [-0.3, -0.25) is 9.69 Å². The predicted molar refractivity (Wildman–Crippen MR) is 111 cm³/mol. The van der Waals surface area contributed by atoms with E-state index in [1.807, 2.05) is 17.5 Å². The first-order chi connectivity index (χ1) is 12.0. The predicted octanol–water partition coefficient (Wildman–Crippen LogP) is 5.10. The summed E-state index contributed by atoms with van der Waals surface area (Å²) in [5, 5.41) is 3.22. The Kier molecular flexibility index (Phi) is 6.33. The van der Waals surface area contributed by atoms with Gasteiger partial charge in [-0.25, -0.2) is 4.98 Å². The number of benzene rings is 1. The minimum absolute atomic E-state index is 0.0941. The van der Waals surface area contributed by atoms with E-state index in [1.54, 1.807) is 28.8 Å². The summed E-state index contributed by atoms with van der Waals surface area (Å²) in [7, 11) is 0. The summed E-state index contributed by atoms with van der Waals surface area (Å²) in [5.41, 5.74) is 1.65. The molecule has 2 heterocycles. The number of hydrogen-bond acceptors (Lipinski definition) is 5. The Balaban J connectivity index is 1.70. The van der Waals surface area contributed by atoms with Gasteiger partial charge in [0.05, 0.1) is 11.4 Å². The average molecular weight is 412 g/mol. The van der Waals surface area contributed by atoms with Crippen LogP contribution in [0.4, 0.5) is 10.8 Å². The number of thiazole rings is 1. The number of hydrogen-bond donors (Lipinski definition) is 0. The van der Waals surface area contributed by atoms with Gasteiger partial charge in [-0.15, -0.1) is 11.3 Å². The third-order valence-electron chi connectivity index (χ3n) is 3.82. The van der Waals surface area contributed by atoms with Gasteiger partial charge in [-0.2, -0.15) is 0 Å². The molecule has 3 rings (SSSR count). The first kappa shape index (κ1) is 18.6. The minimum Gasteiger partial charge on any atom is -0.358 e. The maximum atomic E-state index is 12.1. The lowest BCUT2D eigenvalue weighted by Gasteiger charge is -2.18. The molecule has 0 unspecified atom stereocenters. The second-order valence-corrected chi connectivity index (χ2v) is 8.59. The molecule has 0 spiro atoms. The number of anilines is 2. The third-order valence-corrected chi connectivity index (χ3v) is 6.49. The van der Waals surface area contributed by atoms with Crippen molar-refractivity contribution in [3.05, 3.63) is 40.4 Å². The van der Waals surface area contributed by atoms with Crippen LogP contribution in [0.3, 0.4) is 0 Å². The van der Waals surface area contributed by atoms with E-state index in [-0.39, 0.29) is 5.91 Å². The molecule has 132 valence electrons. The molecule has 0 N–H and O–H groups in total. The summed E-state index contributed by atoms with van der Waals surface area (Å²) in [4.78, 5) is 20.6. The fraction of sp³-hybridized carbons (Fsp3) is 0.353. The monoisotopic (exact) mass is 411 g/mol. The highest BCUT2D eigenvalue weighted by Gasteiger charge is 2.19. The van der Waals surface area contributed by atoms with Crippen molar-refractivity contribution >= 4 is 68.0 Å². The lowest BCUT2D eigenvalue weighted by atomic mass is 10.3. The maximum Gasteiger partial charge on any atom is 0.230 e. The van der Waals surface area contributed by atoms with Crippen LogP contribution < -0.4 is 4.90 Å². The first-order valence-electron chi connectivity index (χ1n) is 7.97. The van der Waals surface area contributed by atoms with Crippen molar-refractivity contribution < 1.29 is 4.79 Å². The smallest absolute Gasteiger partial charge is 0.230 e. The Morgan fingerprint density at radius 3 is 2.88 bits per heavy atom. The molecule has 0 aliphatic carbocycles. The zero-order valence-corrected chi connectivity index (χ0v) is 17.0. The van der Waals surface area contributed by atoms with Crippen molar-refractivity contribution in [2.75, 3.05) is 18.0 Å². The normalized spacial score (nSPS) is 13.9. The van der Waals surface area contributed by atoms with E-state index in [2.05, 4.69) is 9.88 Å². The minimum atomic E-state index is -0.0941. The SMILES string of the molecule is CC(=O)N(c1cccc(Cl)c1)c1nc(CSC(=S)N2CCCC2)cs1. The highest BCUT2D eigenvalue weighted by molar-refractivity contribution is 8.22. The summed E-state index contributed by atoms with van der Waals surface area (Å²) in [6.45, 7) is 3.64. The second-order valence-electron chi connectivity index (χ2n) is 5.70. The van der Waals surface area contributed by atoms with Gasteiger partial charge >= 0.3 is 0 Å². The van der Waals surface area contributed by atoms with Crippen molar-refractivity contribution in [2.24, 2.45) is 0 Å². The number of carbonyl (C=O) groups is 1. The number of thioether (sulfide) groups is 1. The van der Waals surface area contributed by atoms with Crippen molar-refractivity contribution in [1.82, 2.24) is 9.88 Å². The number of rotatable bonds is 4. The molecule has 1 aliphatic heterocycles. The molecule has 0 bridgehead atoms. The summed E-state index contributed by atoms with van der Waals surface area (Å²) >= 11 is 14.6. The number of thiocarbonyl (C=S) groups is 1. The van der Waals surface area contributed by atoms with E-state index in [4.69, 9.17) is 23.8 Å². The standard InChI is InChI=1S/C17H18ClN3OS3/c1-12(22)21(15-6-4-5-13(18)9-15)16-19-14(10-24-16)11-25-17(23)20-7-2-3-8-20/h4-6,9-10H,2-3,7-8,11H2,1H3. The molecule has 1 aromatic carbocycles. The average Bonchev–Trinajstić information content (AvgIpc) is 3.25. The van der Waals surface area contributed by atoms with Gasteiger partial charge in [0, 0.05) is 36.2 Å². The van der Waals surface area contributed by atoms with Crippen LogP contribution >= 0.6 is 46.9 Å². The van der Waals surface area contributed by atoms with E-state index in [0.717, 1.165) is 28.8 Å². The summed E-state index contributed by atoms with van der Waals surface area (Å²) in [5.74, 6) is 0.621. The van der Waals surface area contributed by atoms with Crippen LogP contribution in [0.25, 0.3) is 0 Å². The molecule has 1 aromatic heterocycles. The van der Waals surface area contributed by atoms with E-state index in [9.17, 15) is 4.79 Å². The lowest BCUT2D eigenvalue weighted by molar-refractivity contribution is -0.115. The quantitative estimate of drug-likeness (QED) is 0.654. The second kappa shape index (κ2) is 8.49. The number of amides is 1. The van der Waals surface area contributed by atoms with E-state index < -0.39 is 0 Å². The van der Waals surface area contributed by atoms with Gasteiger partial charge in [0.1, 0.15) is 4.32 Å². The van der Waals surface area contributed by atoms with Gasteiger partial charge in [-0.05, 0) is 31.0 Å². The molecule has 1 fully saturated rings. The van der Waals surface area contributed by atoms with Crippen LogP contribution in [0, 0.1) is 0 Å². The van der Waals surface area contributed by atoms with Crippen molar-refractivity contribution in [1.29, 1.82) is 0 Å². The van der Waals surface area contributed by atoms with E-state index in [0.29, 0.717) is 15.9 Å². The molecule has 2 aromatic rings. The third kappa shape index (κ3) is 4.73. The molecule has 0 radical (unpaired) electrons. The molecule has 25 heavy (non-hydrogen) atoms. The number of carbonyl (C=O) groups excluding carboxylic acids is 1. The Hall–Kier alpha value is -1.15. The molecule has 1 saturated heterocycles. The van der Waals surface area contributed by atoms with Gasteiger partial charge in [-0.1, -0.05) is 41.6 Å². The highest BCUT2D eigenvalue weighted by atomic mass is 35.5. The lowest BCUT2D eigenvalue weighted by Crippen LogP contribution is -2.23. The summed E-state index contributed by atoms with van der Waals surface area (Å²) in [6.07, 6.45) is 2.43. The van der Waals surface area contributed by atoms with Gasteiger partial charge in [0.25, 0.3) is 0 Å². The van der Waals surface area contributed by atoms with Crippen LogP contribution in [-0.2, 0) is 10.5 Å². The van der Waals surface area contributed by atoms with Crippen LogP contribution in [-0.4, -0.2) is 33.2 Å². The molecule has 4 nitrogen and oxygen atoms in total. The molecule has 0 atom stereocenters. The topological polar surface area (TPSA) is 36.4 Å². The van der Waals surface area contributed by atoms with Crippen LogP contribution in [0.1, 0.15) is 25.5 Å². The van der Waals surface area contributed by atoms with Gasteiger partial charge in [0.15, 0.2) is 5.13 Å². The highest BCUT2D eigenvalue weighted by Crippen LogP contribution is 2.31. The maximum absolute atomic E-state index is 12.1. The Labute approximate surface area is 166 Å². The number of halogens is 1. The first-order valence-corrected chi connectivity index (χ1v) is 10.6. The van der Waals surface area contributed by atoms with Crippen LogP contribution in [0.5, 0.6) is 0 Å². The van der Waals surface area contributed by atoms with Crippen LogP contribution in [0.15, 0.2) is 29.6 Å². The fourth-order valence-corrected chi connectivity index (χ4v) is 4.95. The molecule has 1 amide bonds. The Morgan fingerprint density at radius 1 is 1.44 bits per heavy atom. The summed E-state index contributed by atoms with van der Waals surface area (Å²) < 4.78 is 0.935. The number of nitrogens with zero attached hydrogens (tertiary/aromatic N) is 3. The Morgan fingerprint density at radius 2 is 2.20 bits per heavy atom. The molecule has 0 saturated carbocycles. The zero-order valence-electron chi connectivity index (χ0n) is 13.8. The van der Waals surface area contributed by atoms with Gasteiger partial charge < -0.3 is 4.90 Å². The van der Waals surface area contributed by atoms with E-state index in [1.165, 1.54) is 31.1 Å². The summed E-state index contributed by atoms with van der Waals surface area (Å²) in [6, 6.07) is 7.23. The fourth-order valence-electron chi connectivity index (χ4n) is 2.63.